The summed E-state index contributed by atoms with van der Waals surface area (Å²) >= 11 is 12.0. The Morgan fingerprint density at radius 2 is 2.00 bits per heavy atom. The fourth-order valence-electron chi connectivity index (χ4n) is 1.78. The summed E-state index contributed by atoms with van der Waals surface area (Å²) in [6.45, 7) is 8.86. The van der Waals surface area contributed by atoms with Crippen molar-refractivity contribution in [3.8, 4) is 0 Å². The van der Waals surface area contributed by atoms with Gasteiger partial charge < -0.3 is 10.2 Å². The van der Waals surface area contributed by atoms with Crippen LogP contribution in [0.3, 0.4) is 0 Å². The molecule has 0 aromatic carbocycles. The van der Waals surface area contributed by atoms with Crippen LogP contribution in [0.25, 0.3) is 0 Å². The molecule has 2 amide bonds. The van der Waals surface area contributed by atoms with Crippen LogP contribution < -0.4 is 5.32 Å². The molecule has 2 unspecified atom stereocenters. The average molecular weight is 449 g/mol. The molecule has 2 atom stereocenters. The van der Waals surface area contributed by atoms with Gasteiger partial charge in [0.1, 0.15) is 0 Å². The number of carbonyl (C=O) groups is 2. The van der Waals surface area contributed by atoms with Gasteiger partial charge in [-0.1, -0.05) is 31.9 Å². The maximum Gasteiger partial charge on any atom is 0.236 e. The molecular weight excluding hydrogens is 423 g/mol. The summed E-state index contributed by atoms with van der Waals surface area (Å²) in [7, 11) is 0. The third kappa shape index (κ3) is 8.41. The summed E-state index contributed by atoms with van der Waals surface area (Å²) in [4.78, 5) is 24.2. The fourth-order valence-corrected chi connectivity index (χ4v) is 3.09. The van der Waals surface area contributed by atoms with Gasteiger partial charge in [0.15, 0.2) is 0 Å². The van der Waals surface area contributed by atoms with Gasteiger partial charge >= 0.3 is 0 Å². The van der Waals surface area contributed by atoms with Crippen LogP contribution in [-0.4, -0.2) is 50.9 Å². The first-order chi connectivity index (χ1) is 9.70. The molecular formula is C14H25Br2ClN2O2. The molecule has 1 aliphatic heterocycles. The molecule has 1 fully saturated rings. The fraction of sp³-hybridized carbons (Fsp3) is 0.857. The zero-order valence-corrected chi connectivity index (χ0v) is 17.0. The summed E-state index contributed by atoms with van der Waals surface area (Å²) in [6.07, 6.45) is 1.62. The quantitative estimate of drug-likeness (QED) is 0.656. The van der Waals surface area contributed by atoms with E-state index in [1.165, 1.54) is 0 Å². The van der Waals surface area contributed by atoms with Crippen molar-refractivity contribution in [2.24, 2.45) is 0 Å². The van der Waals surface area contributed by atoms with Crippen molar-refractivity contribution in [1.29, 1.82) is 0 Å². The van der Waals surface area contributed by atoms with Crippen molar-refractivity contribution >= 4 is 55.3 Å². The highest BCUT2D eigenvalue weighted by Crippen LogP contribution is 2.19. The summed E-state index contributed by atoms with van der Waals surface area (Å²) in [6, 6.07) is 0.549. The second-order valence-corrected chi connectivity index (χ2v) is 8.08. The molecule has 4 nitrogen and oxygen atoms in total. The standard InChI is InChI=1S/C7H13BrClNO.C7H12BrNO/c1-5(2)10-7(11)6(8)3-4-9;1-5(2)9-4-3-6(8)7(9)10/h5-6H,3-4H2,1-2H3,(H,10,11);5-6H,3-4H2,1-2H3. The Labute approximate surface area is 149 Å². The third-order valence-electron chi connectivity index (χ3n) is 2.88. The monoisotopic (exact) mass is 446 g/mol. The third-order valence-corrected chi connectivity index (χ3v) is 4.82. The van der Waals surface area contributed by atoms with Crippen LogP contribution in [0, 0.1) is 0 Å². The largest absolute Gasteiger partial charge is 0.353 e. The lowest BCUT2D eigenvalue weighted by Gasteiger charge is -2.19. The number of alkyl halides is 3. The number of carbonyl (C=O) groups excluding carboxylic acids is 2. The highest BCUT2D eigenvalue weighted by molar-refractivity contribution is 9.10. The Balaban J connectivity index is 0.000000382. The van der Waals surface area contributed by atoms with Crippen LogP contribution in [0.15, 0.2) is 0 Å². The molecule has 1 saturated heterocycles. The van der Waals surface area contributed by atoms with Crippen LogP contribution in [0.1, 0.15) is 40.5 Å². The molecule has 0 aromatic rings. The van der Waals surface area contributed by atoms with Crippen molar-refractivity contribution in [3.63, 3.8) is 0 Å². The summed E-state index contributed by atoms with van der Waals surface area (Å²) < 4.78 is 0. The molecule has 124 valence electrons. The minimum atomic E-state index is -0.151. The second-order valence-electron chi connectivity index (χ2n) is 5.49. The average Bonchev–Trinajstić information content (AvgIpc) is 2.70. The van der Waals surface area contributed by atoms with Crippen LogP contribution in [0.4, 0.5) is 0 Å². The van der Waals surface area contributed by atoms with Crippen LogP contribution in [-0.2, 0) is 9.59 Å². The first-order valence-electron chi connectivity index (χ1n) is 7.15. The zero-order chi connectivity index (χ0) is 16.6. The molecule has 0 aliphatic carbocycles. The van der Waals surface area contributed by atoms with Crippen molar-refractivity contribution < 1.29 is 9.59 Å². The molecule has 0 bridgehead atoms. The lowest BCUT2D eigenvalue weighted by atomic mass is 10.3. The topological polar surface area (TPSA) is 49.4 Å². The van der Waals surface area contributed by atoms with E-state index >= 15 is 0 Å². The Hall–Kier alpha value is 0.190. The molecule has 21 heavy (non-hydrogen) atoms. The Kier molecular flexibility index (Phi) is 10.9. The van der Waals surface area contributed by atoms with Gasteiger partial charge in [-0.2, -0.15) is 0 Å². The molecule has 0 aromatic heterocycles. The van der Waals surface area contributed by atoms with E-state index in [0.29, 0.717) is 18.3 Å². The zero-order valence-electron chi connectivity index (χ0n) is 13.0. The smallest absolute Gasteiger partial charge is 0.236 e. The lowest BCUT2D eigenvalue weighted by Crippen LogP contribution is -2.36. The SMILES string of the molecule is CC(C)N1CCC(Br)C1=O.CC(C)NC(=O)C(Br)CCCl. The molecule has 1 rings (SSSR count). The van der Waals surface area contributed by atoms with Gasteiger partial charge in [0.2, 0.25) is 11.8 Å². The van der Waals surface area contributed by atoms with E-state index in [1.54, 1.807) is 0 Å². The maximum atomic E-state index is 11.2. The number of amides is 2. The number of hydrogen-bond acceptors (Lipinski definition) is 2. The van der Waals surface area contributed by atoms with E-state index in [1.807, 2.05) is 32.6 Å². The first-order valence-corrected chi connectivity index (χ1v) is 9.52. The highest BCUT2D eigenvalue weighted by Gasteiger charge is 2.30. The number of nitrogens with one attached hydrogen (secondary N) is 1. The van der Waals surface area contributed by atoms with Gasteiger partial charge in [0.05, 0.1) is 9.65 Å². The van der Waals surface area contributed by atoms with E-state index in [9.17, 15) is 9.59 Å². The van der Waals surface area contributed by atoms with Crippen molar-refractivity contribution in [2.75, 3.05) is 12.4 Å². The van der Waals surface area contributed by atoms with Crippen molar-refractivity contribution in [3.05, 3.63) is 0 Å². The molecule has 0 radical (unpaired) electrons. The summed E-state index contributed by atoms with van der Waals surface area (Å²) in [5.41, 5.74) is 0. The van der Waals surface area contributed by atoms with Gasteiger partial charge in [-0.15, -0.1) is 11.6 Å². The van der Waals surface area contributed by atoms with Gasteiger partial charge in [0, 0.05) is 24.5 Å². The van der Waals surface area contributed by atoms with E-state index in [2.05, 4.69) is 37.2 Å². The van der Waals surface area contributed by atoms with Crippen LogP contribution in [0.5, 0.6) is 0 Å². The maximum absolute atomic E-state index is 11.2. The predicted octanol–water partition coefficient (Wildman–Crippen LogP) is 3.29. The first kappa shape index (κ1) is 21.2. The molecule has 0 spiro atoms. The molecule has 1 N–H and O–H groups in total. The Morgan fingerprint density at radius 3 is 2.29 bits per heavy atom. The summed E-state index contributed by atoms with van der Waals surface area (Å²) in [5, 5.41) is 2.78. The predicted molar refractivity (Wildman–Crippen MR) is 95.5 cm³/mol. The van der Waals surface area contributed by atoms with E-state index < -0.39 is 0 Å². The minimum Gasteiger partial charge on any atom is -0.353 e. The number of nitrogens with zero attached hydrogens (tertiary/aromatic N) is 1. The van der Waals surface area contributed by atoms with Gasteiger partial charge in [0.25, 0.3) is 0 Å². The highest BCUT2D eigenvalue weighted by atomic mass is 79.9. The molecule has 0 saturated carbocycles. The summed E-state index contributed by atoms with van der Waals surface area (Å²) in [5.74, 6) is 0.761. The van der Waals surface area contributed by atoms with Gasteiger partial charge in [-0.05, 0) is 40.5 Å². The minimum absolute atomic E-state index is 0.0145. The molecule has 1 heterocycles. The molecule has 1 aliphatic rings. The van der Waals surface area contributed by atoms with Gasteiger partial charge in [-0.25, -0.2) is 0 Å². The number of halogens is 3. The van der Waals surface area contributed by atoms with Crippen molar-refractivity contribution in [1.82, 2.24) is 10.2 Å². The Morgan fingerprint density at radius 1 is 1.43 bits per heavy atom. The van der Waals surface area contributed by atoms with Crippen LogP contribution >= 0.6 is 43.5 Å². The Bertz CT molecular complexity index is 341. The van der Waals surface area contributed by atoms with Crippen molar-refractivity contribution in [2.45, 2.75) is 62.3 Å². The number of rotatable bonds is 5. The number of likely N-dealkylation sites (tertiary alicyclic amines) is 1. The normalized spacial score (nSPS) is 19.6. The van der Waals surface area contributed by atoms with Crippen LogP contribution in [0.2, 0.25) is 0 Å². The van der Waals surface area contributed by atoms with E-state index in [4.69, 9.17) is 11.6 Å². The van der Waals surface area contributed by atoms with Gasteiger partial charge in [-0.3, -0.25) is 9.59 Å². The second kappa shape index (κ2) is 10.8. The van der Waals surface area contributed by atoms with E-state index in [-0.39, 0.29) is 27.5 Å². The van der Waals surface area contributed by atoms with E-state index in [0.717, 1.165) is 13.0 Å². The number of hydrogen-bond donors (Lipinski definition) is 1. The lowest BCUT2D eigenvalue weighted by molar-refractivity contribution is -0.128. The molecule has 7 heteroatoms.